The normalized spacial score (nSPS) is 12.8. The number of ether oxygens (including phenoxy) is 1. The molecule has 0 radical (unpaired) electrons. The summed E-state index contributed by atoms with van der Waals surface area (Å²) in [6.07, 6.45) is 0. The molecule has 1 unspecified atom stereocenters. The van der Waals surface area contributed by atoms with Crippen LogP contribution in [0.15, 0.2) is 18.2 Å². The molecule has 17 heavy (non-hydrogen) atoms. The topological polar surface area (TPSA) is 47.3 Å². The smallest absolute Gasteiger partial charge is 0.122 e. The largest absolute Gasteiger partial charge is 0.496 e. The number of rotatable bonds is 6. The molecular weight excluding hydrogens is 212 g/mol. The number of nitrogens with two attached hydrogens (primary N) is 1. The molecule has 96 valence electrons. The SMILES string of the molecule is COc1ccc(CNCC(C)N)cc1C(C)C. The lowest BCUT2D eigenvalue weighted by Gasteiger charge is -2.14. The quantitative estimate of drug-likeness (QED) is 0.796. The molecule has 0 saturated heterocycles. The number of nitrogens with one attached hydrogen (secondary N) is 1. The van der Waals surface area contributed by atoms with Gasteiger partial charge in [-0.1, -0.05) is 26.0 Å². The van der Waals surface area contributed by atoms with Crippen molar-refractivity contribution < 1.29 is 4.74 Å². The Balaban J connectivity index is 2.71. The van der Waals surface area contributed by atoms with Crippen LogP contribution in [-0.2, 0) is 6.54 Å². The molecule has 3 heteroatoms. The maximum atomic E-state index is 5.70. The molecule has 0 aromatic heterocycles. The number of methoxy groups -OCH3 is 1. The van der Waals surface area contributed by atoms with E-state index in [1.807, 2.05) is 13.0 Å². The summed E-state index contributed by atoms with van der Waals surface area (Å²) in [5.74, 6) is 1.44. The zero-order chi connectivity index (χ0) is 12.8. The van der Waals surface area contributed by atoms with Gasteiger partial charge < -0.3 is 15.8 Å². The van der Waals surface area contributed by atoms with Gasteiger partial charge in [0.15, 0.2) is 0 Å². The molecule has 0 saturated carbocycles. The van der Waals surface area contributed by atoms with Crippen LogP contribution in [0.4, 0.5) is 0 Å². The Morgan fingerprint density at radius 3 is 2.53 bits per heavy atom. The van der Waals surface area contributed by atoms with E-state index in [0.29, 0.717) is 5.92 Å². The van der Waals surface area contributed by atoms with E-state index in [9.17, 15) is 0 Å². The third-order valence-corrected chi connectivity index (χ3v) is 2.71. The van der Waals surface area contributed by atoms with Gasteiger partial charge in [-0.3, -0.25) is 0 Å². The van der Waals surface area contributed by atoms with E-state index in [0.717, 1.165) is 18.8 Å². The molecule has 1 aromatic rings. The van der Waals surface area contributed by atoms with Gasteiger partial charge in [0.25, 0.3) is 0 Å². The van der Waals surface area contributed by atoms with Crippen LogP contribution in [0.5, 0.6) is 5.75 Å². The lowest BCUT2D eigenvalue weighted by Crippen LogP contribution is -2.30. The molecule has 1 aromatic carbocycles. The highest BCUT2D eigenvalue weighted by molar-refractivity contribution is 5.39. The Hall–Kier alpha value is -1.06. The minimum atomic E-state index is 0.192. The summed E-state index contributed by atoms with van der Waals surface area (Å²) in [6.45, 7) is 8.04. The van der Waals surface area contributed by atoms with Crippen LogP contribution in [0.1, 0.15) is 37.8 Å². The van der Waals surface area contributed by atoms with Crippen LogP contribution in [0.25, 0.3) is 0 Å². The molecule has 0 bridgehead atoms. The van der Waals surface area contributed by atoms with Crippen LogP contribution in [0, 0.1) is 0 Å². The Labute approximate surface area is 104 Å². The fourth-order valence-electron chi connectivity index (χ4n) is 1.79. The summed E-state index contributed by atoms with van der Waals surface area (Å²) in [5.41, 5.74) is 8.23. The van der Waals surface area contributed by atoms with E-state index < -0.39 is 0 Å². The van der Waals surface area contributed by atoms with Crippen LogP contribution >= 0.6 is 0 Å². The fourth-order valence-corrected chi connectivity index (χ4v) is 1.79. The van der Waals surface area contributed by atoms with Gasteiger partial charge in [0, 0.05) is 19.1 Å². The lowest BCUT2D eigenvalue weighted by atomic mass is 9.99. The predicted molar refractivity (Wildman–Crippen MR) is 72.4 cm³/mol. The summed E-state index contributed by atoms with van der Waals surface area (Å²) in [5, 5.41) is 3.34. The van der Waals surface area contributed by atoms with Crippen molar-refractivity contribution in [3.63, 3.8) is 0 Å². The first-order chi connectivity index (χ1) is 8.04. The molecule has 0 fully saturated rings. The number of benzene rings is 1. The summed E-state index contributed by atoms with van der Waals surface area (Å²) in [7, 11) is 1.72. The molecule has 3 N–H and O–H groups in total. The minimum Gasteiger partial charge on any atom is -0.496 e. The molecule has 3 nitrogen and oxygen atoms in total. The van der Waals surface area contributed by atoms with Gasteiger partial charge in [0.1, 0.15) is 5.75 Å². The minimum absolute atomic E-state index is 0.192. The number of hydrogen-bond donors (Lipinski definition) is 2. The Bertz CT molecular complexity index is 348. The monoisotopic (exact) mass is 236 g/mol. The van der Waals surface area contributed by atoms with Crippen molar-refractivity contribution >= 4 is 0 Å². The molecule has 0 aliphatic rings. The van der Waals surface area contributed by atoms with Crippen molar-refractivity contribution in [3.8, 4) is 5.75 Å². The molecule has 0 aliphatic heterocycles. The Morgan fingerprint density at radius 2 is 2.00 bits per heavy atom. The van der Waals surface area contributed by atoms with E-state index >= 15 is 0 Å². The van der Waals surface area contributed by atoms with Gasteiger partial charge in [-0.15, -0.1) is 0 Å². The highest BCUT2D eigenvalue weighted by Crippen LogP contribution is 2.27. The predicted octanol–water partition coefficient (Wildman–Crippen LogP) is 2.26. The average Bonchev–Trinajstić information content (AvgIpc) is 2.28. The van der Waals surface area contributed by atoms with Crippen molar-refractivity contribution in [1.82, 2.24) is 5.32 Å². The molecule has 0 amide bonds. The fraction of sp³-hybridized carbons (Fsp3) is 0.571. The van der Waals surface area contributed by atoms with Crippen LogP contribution in [0.2, 0.25) is 0 Å². The standard InChI is InChI=1S/C14H24N2O/c1-10(2)13-7-12(5-6-14(13)17-4)9-16-8-11(3)15/h5-7,10-11,16H,8-9,15H2,1-4H3. The molecule has 0 heterocycles. The Morgan fingerprint density at radius 1 is 1.29 bits per heavy atom. The van der Waals surface area contributed by atoms with Crippen molar-refractivity contribution in [2.45, 2.75) is 39.3 Å². The second kappa shape index (κ2) is 6.62. The number of hydrogen-bond acceptors (Lipinski definition) is 3. The second-order valence-electron chi connectivity index (χ2n) is 4.84. The zero-order valence-corrected chi connectivity index (χ0v) is 11.3. The van der Waals surface area contributed by atoms with Crippen molar-refractivity contribution in [2.75, 3.05) is 13.7 Å². The van der Waals surface area contributed by atoms with Crippen LogP contribution < -0.4 is 15.8 Å². The van der Waals surface area contributed by atoms with E-state index in [1.165, 1.54) is 11.1 Å². The first-order valence-electron chi connectivity index (χ1n) is 6.17. The van der Waals surface area contributed by atoms with Gasteiger partial charge in [-0.05, 0) is 30.0 Å². The van der Waals surface area contributed by atoms with Crippen molar-refractivity contribution in [2.24, 2.45) is 5.73 Å². The highest BCUT2D eigenvalue weighted by Gasteiger charge is 2.08. The lowest BCUT2D eigenvalue weighted by molar-refractivity contribution is 0.407. The third kappa shape index (κ3) is 4.36. The summed E-state index contributed by atoms with van der Waals surface area (Å²) < 4.78 is 5.36. The summed E-state index contributed by atoms with van der Waals surface area (Å²) in [6, 6.07) is 6.53. The average molecular weight is 236 g/mol. The molecular formula is C14H24N2O. The maximum Gasteiger partial charge on any atom is 0.122 e. The molecule has 0 spiro atoms. The van der Waals surface area contributed by atoms with Crippen LogP contribution in [0.3, 0.4) is 0 Å². The van der Waals surface area contributed by atoms with E-state index in [-0.39, 0.29) is 6.04 Å². The second-order valence-corrected chi connectivity index (χ2v) is 4.84. The first kappa shape index (κ1) is 14.0. The summed E-state index contributed by atoms with van der Waals surface area (Å²) >= 11 is 0. The molecule has 1 atom stereocenters. The maximum absolute atomic E-state index is 5.70. The highest BCUT2D eigenvalue weighted by atomic mass is 16.5. The van der Waals surface area contributed by atoms with Crippen molar-refractivity contribution in [3.05, 3.63) is 29.3 Å². The third-order valence-electron chi connectivity index (χ3n) is 2.71. The van der Waals surface area contributed by atoms with E-state index in [2.05, 4.69) is 31.3 Å². The van der Waals surface area contributed by atoms with Gasteiger partial charge >= 0.3 is 0 Å². The van der Waals surface area contributed by atoms with E-state index in [1.54, 1.807) is 7.11 Å². The van der Waals surface area contributed by atoms with Gasteiger partial charge in [-0.2, -0.15) is 0 Å². The van der Waals surface area contributed by atoms with Gasteiger partial charge in [0.2, 0.25) is 0 Å². The van der Waals surface area contributed by atoms with Gasteiger partial charge in [0.05, 0.1) is 7.11 Å². The molecule has 1 rings (SSSR count). The van der Waals surface area contributed by atoms with Crippen molar-refractivity contribution in [1.29, 1.82) is 0 Å². The van der Waals surface area contributed by atoms with E-state index in [4.69, 9.17) is 10.5 Å². The summed E-state index contributed by atoms with van der Waals surface area (Å²) in [4.78, 5) is 0. The molecule has 0 aliphatic carbocycles. The van der Waals surface area contributed by atoms with Crippen LogP contribution in [-0.4, -0.2) is 19.7 Å². The first-order valence-corrected chi connectivity index (χ1v) is 6.17. The Kier molecular flexibility index (Phi) is 5.45. The van der Waals surface area contributed by atoms with Gasteiger partial charge in [-0.25, -0.2) is 0 Å². The zero-order valence-electron chi connectivity index (χ0n) is 11.3.